The highest BCUT2D eigenvalue weighted by Gasteiger charge is 2.40. The molecule has 0 unspecified atom stereocenters. The van der Waals surface area contributed by atoms with Gasteiger partial charge < -0.3 is 15.5 Å². The minimum atomic E-state index is -3.05. The Morgan fingerprint density at radius 1 is 1.36 bits per heavy atom. The molecule has 2 aromatic heterocycles. The van der Waals surface area contributed by atoms with E-state index in [9.17, 15) is 13.2 Å². The summed E-state index contributed by atoms with van der Waals surface area (Å²) in [6.07, 6.45) is 6.33. The number of ether oxygens (including phenoxy) is 1. The molecule has 4 N–H and O–H groups in total. The summed E-state index contributed by atoms with van der Waals surface area (Å²) in [5.41, 5.74) is 6.14. The van der Waals surface area contributed by atoms with E-state index in [1.54, 1.807) is 16.6 Å². The van der Waals surface area contributed by atoms with Crippen molar-refractivity contribution in [2.45, 2.75) is 26.2 Å². The molecular formula is C17H26N6O4S. The molecule has 2 aromatic rings. The van der Waals surface area contributed by atoms with E-state index in [1.807, 2.05) is 6.92 Å². The zero-order chi connectivity index (χ0) is 20.2. The van der Waals surface area contributed by atoms with Crippen LogP contribution in [0.25, 0.3) is 11.2 Å². The van der Waals surface area contributed by atoms with E-state index in [0.29, 0.717) is 43.3 Å². The van der Waals surface area contributed by atoms with Gasteiger partial charge in [0.15, 0.2) is 11.5 Å². The fourth-order valence-corrected chi connectivity index (χ4v) is 5.27. The highest BCUT2D eigenvalue weighted by Crippen LogP contribution is 2.30. The number of primary amides is 1. The first-order valence-corrected chi connectivity index (χ1v) is 10.8. The molecule has 4 heterocycles. The molecule has 4 rings (SSSR count). The van der Waals surface area contributed by atoms with Crippen molar-refractivity contribution in [1.82, 2.24) is 19.3 Å². The van der Waals surface area contributed by atoms with Gasteiger partial charge in [-0.25, -0.2) is 27.5 Å². The molecule has 10 nitrogen and oxygen atoms in total. The lowest BCUT2D eigenvalue weighted by atomic mass is 9.92. The van der Waals surface area contributed by atoms with Crippen LogP contribution in [0.3, 0.4) is 0 Å². The van der Waals surface area contributed by atoms with Crippen LogP contribution in [0.4, 0.5) is 10.6 Å². The number of anilines is 1. The molecule has 154 valence electrons. The second-order valence-corrected chi connectivity index (χ2v) is 9.44. The lowest BCUT2D eigenvalue weighted by Crippen LogP contribution is -2.49. The largest absolute Gasteiger partial charge is 0.380 e. The molecule has 2 aliphatic rings. The van der Waals surface area contributed by atoms with E-state index in [0.717, 1.165) is 19.3 Å². The zero-order valence-electron chi connectivity index (χ0n) is 15.8. The van der Waals surface area contributed by atoms with E-state index in [4.69, 9.17) is 10.5 Å². The third-order valence-corrected chi connectivity index (χ3v) is 6.87. The number of amides is 2. The third-order valence-electron chi connectivity index (χ3n) is 4.65. The van der Waals surface area contributed by atoms with Crippen LogP contribution in [0.5, 0.6) is 0 Å². The number of nitrogens with two attached hydrogens (primary N) is 1. The molecule has 2 saturated heterocycles. The number of fused-ring (bicyclic) bond motifs is 1. The maximum absolute atomic E-state index is 12.1. The predicted molar refractivity (Wildman–Crippen MR) is 105 cm³/mol. The molecule has 28 heavy (non-hydrogen) atoms. The number of H-pyrrole nitrogens is 1. The number of hydrogen-bond donors (Lipinski definition) is 3. The van der Waals surface area contributed by atoms with Crippen LogP contribution in [0.2, 0.25) is 0 Å². The normalized spacial score (nSPS) is 19.3. The molecule has 0 bridgehead atoms. The first-order chi connectivity index (χ1) is 13.3. The summed E-state index contributed by atoms with van der Waals surface area (Å²) in [7, 11) is -3.05. The number of hydrogen-bond acceptors (Lipinski definition) is 6. The second-order valence-electron chi connectivity index (χ2n) is 7.48. The maximum Gasteiger partial charge on any atom is 0.317 e. The topological polar surface area (TPSA) is 143 Å². The van der Waals surface area contributed by atoms with Crippen molar-refractivity contribution in [3.8, 4) is 0 Å². The van der Waals surface area contributed by atoms with Gasteiger partial charge in [0.05, 0.1) is 25.2 Å². The molecule has 2 amide bonds. The van der Waals surface area contributed by atoms with Gasteiger partial charge in [-0.3, -0.25) is 5.32 Å². The molecular weight excluding hydrogens is 384 g/mol. The number of carbonyl (C=O) groups excluding carboxylic acids is 1. The average Bonchev–Trinajstić information content (AvgIpc) is 3.09. The Bertz CT molecular complexity index is 919. The van der Waals surface area contributed by atoms with Gasteiger partial charge in [-0.2, -0.15) is 0 Å². The zero-order valence-corrected chi connectivity index (χ0v) is 16.7. The van der Waals surface area contributed by atoms with Crippen molar-refractivity contribution in [2.24, 2.45) is 11.1 Å². The van der Waals surface area contributed by atoms with Crippen LogP contribution in [0, 0.1) is 5.41 Å². The fourth-order valence-electron chi connectivity index (χ4n) is 3.23. The van der Waals surface area contributed by atoms with Gasteiger partial charge in [-0.15, -0.1) is 0 Å². The summed E-state index contributed by atoms with van der Waals surface area (Å²) in [6.45, 7) is 4.57. The number of nitrogens with zero attached hydrogens (tertiary/aromatic N) is 3. The van der Waals surface area contributed by atoms with Crippen molar-refractivity contribution < 1.29 is 17.9 Å². The smallest absolute Gasteiger partial charge is 0.317 e. The number of carbonyl (C=O) groups is 1. The second kappa shape index (κ2) is 8.41. The molecule has 0 aromatic carbocycles. The van der Waals surface area contributed by atoms with Gasteiger partial charge in [0.2, 0.25) is 10.0 Å². The molecule has 2 fully saturated rings. The van der Waals surface area contributed by atoms with Crippen molar-refractivity contribution in [2.75, 3.05) is 37.4 Å². The van der Waals surface area contributed by atoms with Crippen LogP contribution in [-0.2, 0) is 14.8 Å². The lowest BCUT2D eigenvalue weighted by Gasteiger charge is -2.39. The predicted octanol–water partition coefficient (Wildman–Crippen LogP) is 1.29. The van der Waals surface area contributed by atoms with Crippen molar-refractivity contribution in [1.29, 1.82) is 0 Å². The first-order valence-electron chi connectivity index (χ1n) is 9.20. The van der Waals surface area contributed by atoms with Crippen LogP contribution < -0.4 is 11.1 Å². The number of rotatable bonds is 4. The Hall–Kier alpha value is -2.24. The summed E-state index contributed by atoms with van der Waals surface area (Å²) in [5, 5.41) is 2.34. The molecule has 0 saturated carbocycles. The van der Waals surface area contributed by atoms with Gasteiger partial charge in [-0.1, -0.05) is 13.3 Å². The fraction of sp³-hybridized carbons (Fsp3) is 0.588. The summed E-state index contributed by atoms with van der Waals surface area (Å²) in [4.78, 5) is 21.4. The van der Waals surface area contributed by atoms with Crippen LogP contribution in [0.1, 0.15) is 26.2 Å². The van der Waals surface area contributed by atoms with E-state index in [-0.39, 0.29) is 11.2 Å². The van der Waals surface area contributed by atoms with Crippen molar-refractivity contribution in [3.63, 3.8) is 0 Å². The molecule has 0 radical (unpaired) electrons. The van der Waals surface area contributed by atoms with Crippen LogP contribution >= 0.6 is 0 Å². The number of piperidine rings is 1. The Morgan fingerprint density at radius 3 is 2.68 bits per heavy atom. The van der Waals surface area contributed by atoms with E-state index in [1.165, 1.54) is 6.20 Å². The van der Waals surface area contributed by atoms with Crippen molar-refractivity contribution in [3.05, 3.63) is 18.5 Å². The van der Waals surface area contributed by atoms with E-state index < -0.39 is 16.1 Å². The van der Waals surface area contributed by atoms with Crippen LogP contribution in [0.15, 0.2) is 18.5 Å². The van der Waals surface area contributed by atoms with E-state index in [2.05, 4.69) is 20.3 Å². The Morgan fingerprint density at radius 2 is 2.07 bits per heavy atom. The quantitative estimate of drug-likeness (QED) is 0.693. The monoisotopic (exact) mass is 410 g/mol. The molecule has 2 aliphatic heterocycles. The number of aromatic nitrogens is 3. The standard InChI is InChI=1S/C10H19NO3S.C7H7N5O/c1-10(7-14-8-10)9-15(12,13)11-5-3-2-4-6-11;8-7(13)12-5-3-10-6-4(11-5)1-2-9-6/h2-9H2,1H3;1-3H,(H,9,10)(H3,8,11,12,13). The summed E-state index contributed by atoms with van der Waals surface area (Å²) >= 11 is 0. The minimum absolute atomic E-state index is 0.143. The van der Waals surface area contributed by atoms with Gasteiger partial charge in [0.1, 0.15) is 5.52 Å². The van der Waals surface area contributed by atoms with Gasteiger partial charge in [0, 0.05) is 24.7 Å². The molecule has 11 heteroatoms. The van der Waals surface area contributed by atoms with Gasteiger partial charge in [0.25, 0.3) is 0 Å². The summed E-state index contributed by atoms with van der Waals surface area (Å²) in [5.74, 6) is 0.597. The van der Waals surface area contributed by atoms with Crippen molar-refractivity contribution >= 4 is 33.0 Å². The maximum atomic E-state index is 12.1. The summed E-state index contributed by atoms with van der Waals surface area (Å²) in [6, 6.07) is 1.11. The van der Waals surface area contributed by atoms with Crippen LogP contribution in [-0.4, -0.2) is 65.8 Å². The summed E-state index contributed by atoms with van der Waals surface area (Å²) < 4.78 is 30.9. The SMILES string of the molecule is CC1(CS(=O)(=O)N2CCCCC2)COC1.NC(=O)Nc1cnc2[nH]ccc2n1. The number of urea groups is 1. The first kappa shape index (κ1) is 20.5. The Balaban J connectivity index is 0.000000162. The molecule has 0 spiro atoms. The van der Waals surface area contributed by atoms with E-state index >= 15 is 0 Å². The lowest BCUT2D eigenvalue weighted by molar-refractivity contribution is -0.0874. The van der Waals surface area contributed by atoms with Gasteiger partial charge >= 0.3 is 6.03 Å². The van der Waals surface area contributed by atoms with Gasteiger partial charge in [-0.05, 0) is 18.9 Å². The minimum Gasteiger partial charge on any atom is -0.380 e. The number of nitrogens with one attached hydrogen (secondary N) is 2. The number of aromatic amines is 1. The molecule has 0 aliphatic carbocycles. The average molecular weight is 410 g/mol. The molecule has 0 atom stereocenters. The highest BCUT2D eigenvalue weighted by molar-refractivity contribution is 7.89. The third kappa shape index (κ3) is 5.18. The Kier molecular flexibility index (Phi) is 6.16. The highest BCUT2D eigenvalue weighted by atomic mass is 32.2. The Labute approximate surface area is 163 Å². The number of sulfonamides is 1.